The number of primary amides is 1. The summed E-state index contributed by atoms with van der Waals surface area (Å²) in [6.45, 7) is 1.74. The lowest BCUT2D eigenvalue weighted by molar-refractivity contribution is -0.119. The van der Waals surface area contributed by atoms with Crippen LogP contribution in [0, 0.1) is 0 Å². The summed E-state index contributed by atoms with van der Waals surface area (Å²) in [5, 5.41) is 4.13. The van der Waals surface area contributed by atoms with Crippen LogP contribution in [0.25, 0.3) is 0 Å². The van der Waals surface area contributed by atoms with Gasteiger partial charge in [-0.2, -0.15) is 5.10 Å². The maximum atomic E-state index is 11.9. The summed E-state index contributed by atoms with van der Waals surface area (Å²) in [4.78, 5) is 22.6. The van der Waals surface area contributed by atoms with Crippen molar-refractivity contribution >= 4 is 33.5 Å². The molecule has 0 saturated heterocycles. The Balaban J connectivity index is 2.04. The molecule has 8 heteroatoms. The number of carbonyl (C=O) groups is 2. The Morgan fingerprint density at radius 3 is 2.50 bits per heavy atom. The number of carbonyl (C=O) groups excluding carboxylic acids is 2. The molecule has 2 rings (SSSR count). The number of nitrogens with zero attached hydrogens (tertiary/aromatic N) is 1. The smallest absolute Gasteiger partial charge is 0.307 e. The molecule has 7 nitrogen and oxygen atoms in total. The van der Waals surface area contributed by atoms with Gasteiger partial charge in [-0.1, -0.05) is 6.92 Å². The number of rotatable bonds is 7. The zero-order chi connectivity index (χ0) is 17.5. The SMILES string of the molecule is CC/C(=N\NC(=O)c1ccc(Br)o1)c1ccc(OCC(N)=O)cc1. The van der Waals surface area contributed by atoms with Crippen LogP contribution in [-0.4, -0.2) is 24.1 Å². The van der Waals surface area contributed by atoms with Crippen LogP contribution in [0.5, 0.6) is 5.75 Å². The molecule has 126 valence electrons. The topological polar surface area (TPSA) is 107 Å². The minimum Gasteiger partial charge on any atom is -0.484 e. The van der Waals surface area contributed by atoms with E-state index in [1.165, 1.54) is 0 Å². The summed E-state index contributed by atoms with van der Waals surface area (Å²) in [7, 11) is 0. The van der Waals surface area contributed by atoms with Crippen molar-refractivity contribution in [1.29, 1.82) is 0 Å². The molecule has 0 radical (unpaired) electrons. The van der Waals surface area contributed by atoms with Gasteiger partial charge < -0.3 is 14.9 Å². The maximum Gasteiger partial charge on any atom is 0.307 e. The summed E-state index contributed by atoms with van der Waals surface area (Å²) in [5.74, 6) is -0.288. The van der Waals surface area contributed by atoms with Crippen molar-refractivity contribution < 1.29 is 18.7 Å². The average Bonchev–Trinajstić information content (AvgIpc) is 3.01. The van der Waals surface area contributed by atoms with Gasteiger partial charge in [0.05, 0.1) is 5.71 Å². The van der Waals surface area contributed by atoms with Gasteiger partial charge in [-0.25, -0.2) is 5.43 Å². The Morgan fingerprint density at radius 2 is 1.96 bits per heavy atom. The zero-order valence-electron chi connectivity index (χ0n) is 12.9. The molecule has 0 spiro atoms. The van der Waals surface area contributed by atoms with Gasteiger partial charge in [0.1, 0.15) is 5.75 Å². The molecule has 1 aromatic heterocycles. The number of hydrogen-bond acceptors (Lipinski definition) is 5. The van der Waals surface area contributed by atoms with Crippen LogP contribution in [0.2, 0.25) is 0 Å². The second-order valence-electron chi connectivity index (χ2n) is 4.74. The summed E-state index contributed by atoms with van der Waals surface area (Å²) in [6, 6.07) is 10.2. The van der Waals surface area contributed by atoms with Crippen molar-refractivity contribution in [3.8, 4) is 5.75 Å². The van der Waals surface area contributed by atoms with E-state index in [4.69, 9.17) is 14.9 Å². The molecule has 2 amide bonds. The normalized spacial score (nSPS) is 11.2. The van der Waals surface area contributed by atoms with Crippen molar-refractivity contribution in [3.05, 3.63) is 52.4 Å². The van der Waals surface area contributed by atoms with E-state index in [1.54, 1.807) is 36.4 Å². The van der Waals surface area contributed by atoms with Gasteiger partial charge in [-0.15, -0.1) is 0 Å². The summed E-state index contributed by atoms with van der Waals surface area (Å²) in [6.07, 6.45) is 0.615. The highest BCUT2D eigenvalue weighted by Crippen LogP contribution is 2.15. The monoisotopic (exact) mass is 393 g/mol. The van der Waals surface area contributed by atoms with Crippen molar-refractivity contribution in [2.24, 2.45) is 10.8 Å². The van der Waals surface area contributed by atoms with Gasteiger partial charge in [0.15, 0.2) is 17.0 Å². The van der Waals surface area contributed by atoms with E-state index in [0.29, 0.717) is 22.6 Å². The number of hydrazone groups is 1. The van der Waals surface area contributed by atoms with Gasteiger partial charge in [-0.3, -0.25) is 9.59 Å². The molecule has 0 fully saturated rings. The van der Waals surface area contributed by atoms with Crippen LogP contribution >= 0.6 is 15.9 Å². The molecule has 1 heterocycles. The van der Waals surface area contributed by atoms with Crippen molar-refractivity contribution in [3.63, 3.8) is 0 Å². The van der Waals surface area contributed by atoms with E-state index in [1.807, 2.05) is 6.92 Å². The summed E-state index contributed by atoms with van der Waals surface area (Å²) >= 11 is 3.14. The van der Waals surface area contributed by atoms with Crippen LogP contribution in [0.4, 0.5) is 0 Å². The molecule has 24 heavy (non-hydrogen) atoms. The fourth-order valence-corrected chi connectivity index (χ4v) is 2.16. The van der Waals surface area contributed by atoms with E-state index in [-0.39, 0.29) is 12.4 Å². The zero-order valence-corrected chi connectivity index (χ0v) is 14.5. The predicted octanol–water partition coefficient (Wildman–Crippen LogP) is 2.45. The highest BCUT2D eigenvalue weighted by Gasteiger charge is 2.10. The fourth-order valence-electron chi connectivity index (χ4n) is 1.86. The summed E-state index contributed by atoms with van der Waals surface area (Å²) in [5.41, 5.74) is 9.00. The number of hydrogen-bond donors (Lipinski definition) is 2. The number of benzene rings is 1. The van der Waals surface area contributed by atoms with E-state index in [9.17, 15) is 9.59 Å². The van der Waals surface area contributed by atoms with Crippen LogP contribution < -0.4 is 15.9 Å². The lowest BCUT2D eigenvalue weighted by atomic mass is 10.1. The number of amides is 2. The predicted molar refractivity (Wildman–Crippen MR) is 91.8 cm³/mol. The summed E-state index contributed by atoms with van der Waals surface area (Å²) < 4.78 is 10.8. The Kier molecular flexibility index (Phi) is 6.14. The molecule has 0 atom stereocenters. The molecular formula is C16H16BrN3O4. The second kappa shape index (κ2) is 8.30. The van der Waals surface area contributed by atoms with Crippen LogP contribution in [0.1, 0.15) is 29.5 Å². The number of halogens is 1. The Bertz CT molecular complexity index is 753. The largest absolute Gasteiger partial charge is 0.484 e. The first-order valence-corrected chi connectivity index (χ1v) is 7.92. The van der Waals surface area contributed by atoms with E-state index in [0.717, 1.165) is 5.56 Å². The number of nitrogens with one attached hydrogen (secondary N) is 1. The van der Waals surface area contributed by atoms with Crippen molar-refractivity contribution in [1.82, 2.24) is 5.43 Å². The van der Waals surface area contributed by atoms with E-state index >= 15 is 0 Å². The number of furan rings is 1. The third-order valence-corrected chi connectivity index (χ3v) is 3.42. The second-order valence-corrected chi connectivity index (χ2v) is 5.52. The average molecular weight is 394 g/mol. The first-order chi connectivity index (χ1) is 11.5. The van der Waals surface area contributed by atoms with Crippen molar-refractivity contribution in [2.75, 3.05) is 6.61 Å². The molecular weight excluding hydrogens is 378 g/mol. The molecule has 0 unspecified atom stereocenters. The molecule has 0 aliphatic heterocycles. The van der Waals surface area contributed by atoms with Gasteiger partial charge in [0.25, 0.3) is 5.91 Å². The molecule has 3 N–H and O–H groups in total. The fraction of sp³-hybridized carbons (Fsp3) is 0.188. The van der Waals surface area contributed by atoms with Gasteiger partial charge in [-0.05, 0) is 64.3 Å². The lowest BCUT2D eigenvalue weighted by Crippen LogP contribution is -2.20. The highest BCUT2D eigenvalue weighted by atomic mass is 79.9. The van der Waals surface area contributed by atoms with Gasteiger partial charge in [0.2, 0.25) is 0 Å². The molecule has 1 aromatic carbocycles. The van der Waals surface area contributed by atoms with Gasteiger partial charge >= 0.3 is 5.91 Å². The first-order valence-electron chi connectivity index (χ1n) is 7.13. The third-order valence-electron chi connectivity index (χ3n) is 2.99. The van der Waals surface area contributed by atoms with Crippen LogP contribution in [-0.2, 0) is 4.79 Å². The molecule has 0 saturated carbocycles. The highest BCUT2D eigenvalue weighted by molar-refractivity contribution is 9.10. The van der Waals surface area contributed by atoms with E-state index in [2.05, 4.69) is 26.5 Å². The number of nitrogens with two attached hydrogens (primary N) is 1. The third kappa shape index (κ3) is 4.95. The Morgan fingerprint density at radius 1 is 1.25 bits per heavy atom. The first kappa shape index (κ1) is 17.7. The quantitative estimate of drug-likeness (QED) is 0.556. The van der Waals surface area contributed by atoms with Crippen molar-refractivity contribution in [2.45, 2.75) is 13.3 Å². The number of ether oxygens (including phenoxy) is 1. The Labute approximate surface area is 147 Å². The standard InChI is InChI=1S/C16H16BrN3O4/c1-2-12(19-20-16(22)13-7-8-14(17)24-13)10-3-5-11(6-4-10)23-9-15(18)21/h3-8H,2,9H2,1H3,(H2,18,21)(H,20,22)/b19-12+. The van der Waals surface area contributed by atoms with Crippen LogP contribution in [0.3, 0.4) is 0 Å². The van der Waals surface area contributed by atoms with Gasteiger partial charge in [0, 0.05) is 0 Å². The maximum absolute atomic E-state index is 11.9. The molecule has 0 aliphatic carbocycles. The minimum absolute atomic E-state index is 0.163. The molecule has 2 aromatic rings. The van der Waals surface area contributed by atoms with Crippen LogP contribution in [0.15, 0.2) is 50.6 Å². The Hall–Kier alpha value is -2.61. The molecule has 0 bridgehead atoms. The molecule has 0 aliphatic rings. The minimum atomic E-state index is -0.540. The van der Waals surface area contributed by atoms with E-state index < -0.39 is 11.8 Å². The lowest BCUT2D eigenvalue weighted by Gasteiger charge is -2.07.